The highest BCUT2D eigenvalue weighted by atomic mass is 32.2. The van der Waals surface area contributed by atoms with Crippen molar-refractivity contribution < 1.29 is 0 Å². The van der Waals surface area contributed by atoms with Crippen LogP contribution in [0.4, 0.5) is 5.69 Å². The molecular weight excluding hydrogens is 216 g/mol. The van der Waals surface area contributed by atoms with E-state index >= 15 is 0 Å². The Balaban J connectivity index is 2.00. The van der Waals surface area contributed by atoms with Gasteiger partial charge in [0.15, 0.2) is 0 Å². The zero-order valence-electron chi connectivity index (χ0n) is 10.2. The van der Waals surface area contributed by atoms with E-state index in [4.69, 9.17) is 0 Å². The van der Waals surface area contributed by atoms with Crippen molar-refractivity contribution in [2.75, 3.05) is 11.6 Å². The maximum Gasteiger partial charge on any atom is 0.0958 e. The molecule has 0 bridgehead atoms. The van der Waals surface area contributed by atoms with Crippen LogP contribution < -0.4 is 5.32 Å². The second-order valence-corrected chi connectivity index (χ2v) is 5.67. The van der Waals surface area contributed by atoms with Gasteiger partial charge in [-0.05, 0) is 43.1 Å². The van der Waals surface area contributed by atoms with Crippen LogP contribution >= 0.6 is 11.8 Å². The number of thioether (sulfide) groups is 1. The van der Waals surface area contributed by atoms with E-state index in [-0.39, 0.29) is 0 Å². The first-order valence-electron chi connectivity index (χ1n) is 5.97. The van der Waals surface area contributed by atoms with E-state index in [2.05, 4.69) is 42.5 Å². The lowest BCUT2D eigenvalue weighted by atomic mass is 9.99. The largest absolute Gasteiger partial charge is 0.381 e. The second-order valence-electron chi connectivity index (χ2n) is 4.84. The van der Waals surface area contributed by atoms with Crippen molar-refractivity contribution in [2.24, 2.45) is 11.8 Å². The highest BCUT2D eigenvalue weighted by Gasteiger charge is 2.32. The Morgan fingerprint density at radius 3 is 2.56 bits per heavy atom. The van der Waals surface area contributed by atoms with Crippen LogP contribution in [-0.2, 0) is 0 Å². The topological polar surface area (TPSA) is 24.9 Å². The SMILES string of the molecule is CSc1ccc(NC(C(C)C)C2CC2)cn1. The molecule has 1 aliphatic rings. The second kappa shape index (κ2) is 5.09. The first-order valence-corrected chi connectivity index (χ1v) is 7.19. The first kappa shape index (κ1) is 11.8. The normalized spacial score (nSPS) is 17.5. The van der Waals surface area contributed by atoms with Crippen LogP contribution in [0.3, 0.4) is 0 Å². The van der Waals surface area contributed by atoms with Gasteiger partial charge in [0, 0.05) is 6.04 Å². The Labute approximate surface area is 102 Å². The Morgan fingerprint density at radius 2 is 2.12 bits per heavy atom. The summed E-state index contributed by atoms with van der Waals surface area (Å²) in [4.78, 5) is 4.39. The average molecular weight is 236 g/mol. The van der Waals surface area contributed by atoms with Gasteiger partial charge in [0.1, 0.15) is 0 Å². The number of hydrogen-bond acceptors (Lipinski definition) is 3. The number of rotatable bonds is 5. The summed E-state index contributed by atoms with van der Waals surface area (Å²) >= 11 is 1.68. The highest BCUT2D eigenvalue weighted by molar-refractivity contribution is 7.98. The lowest BCUT2D eigenvalue weighted by Crippen LogP contribution is -2.27. The Bertz CT molecular complexity index is 328. The van der Waals surface area contributed by atoms with Gasteiger partial charge in [0.2, 0.25) is 0 Å². The fraction of sp³-hybridized carbons (Fsp3) is 0.615. The van der Waals surface area contributed by atoms with Crippen molar-refractivity contribution in [3.63, 3.8) is 0 Å². The molecule has 2 rings (SSSR count). The van der Waals surface area contributed by atoms with Crippen LogP contribution in [-0.4, -0.2) is 17.3 Å². The number of nitrogens with zero attached hydrogens (tertiary/aromatic N) is 1. The molecule has 1 saturated carbocycles. The van der Waals surface area contributed by atoms with Gasteiger partial charge in [0.25, 0.3) is 0 Å². The molecular formula is C13H20N2S. The molecule has 1 heterocycles. The highest BCUT2D eigenvalue weighted by Crippen LogP contribution is 2.37. The van der Waals surface area contributed by atoms with Gasteiger partial charge in [0.05, 0.1) is 16.9 Å². The maximum atomic E-state index is 4.39. The zero-order chi connectivity index (χ0) is 11.5. The molecule has 88 valence electrons. The lowest BCUT2D eigenvalue weighted by molar-refractivity contribution is 0.476. The summed E-state index contributed by atoms with van der Waals surface area (Å²) in [6.45, 7) is 4.58. The van der Waals surface area contributed by atoms with Gasteiger partial charge >= 0.3 is 0 Å². The first-order chi connectivity index (χ1) is 7.70. The number of aromatic nitrogens is 1. The van der Waals surface area contributed by atoms with Gasteiger partial charge < -0.3 is 5.32 Å². The molecule has 0 spiro atoms. The van der Waals surface area contributed by atoms with Crippen molar-refractivity contribution in [2.45, 2.75) is 37.8 Å². The van der Waals surface area contributed by atoms with Gasteiger partial charge in [-0.1, -0.05) is 13.8 Å². The number of pyridine rings is 1. The summed E-state index contributed by atoms with van der Waals surface area (Å²) in [5, 5.41) is 4.70. The third-order valence-corrected chi connectivity index (χ3v) is 3.79. The van der Waals surface area contributed by atoms with E-state index in [9.17, 15) is 0 Å². The molecule has 1 fully saturated rings. The standard InChI is InChI=1S/C13H20N2S/c1-9(2)13(10-4-5-10)15-11-6-7-12(16-3)14-8-11/h6-10,13,15H,4-5H2,1-3H3. The molecule has 1 aromatic heterocycles. The number of anilines is 1. The predicted octanol–water partition coefficient (Wildman–Crippen LogP) is 3.65. The quantitative estimate of drug-likeness (QED) is 0.790. The molecule has 1 atom stereocenters. The van der Waals surface area contributed by atoms with Crippen LogP contribution in [0.5, 0.6) is 0 Å². The van der Waals surface area contributed by atoms with E-state index in [0.29, 0.717) is 12.0 Å². The zero-order valence-corrected chi connectivity index (χ0v) is 11.1. The fourth-order valence-corrected chi connectivity index (χ4v) is 2.43. The van der Waals surface area contributed by atoms with Crippen molar-refractivity contribution in [3.05, 3.63) is 18.3 Å². The van der Waals surface area contributed by atoms with E-state index in [1.165, 1.54) is 12.8 Å². The maximum absolute atomic E-state index is 4.39. The Kier molecular flexibility index (Phi) is 3.74. The van der Waals surface area contributed by atoms with Crippen molar-refractivity contribution in [3.8, 4) is 0 Å². The van der Waals surface area contributed by atoms with Crippen LogP contribution in [0.1, 0.15) is 26.7 Å². The van der Waals surface area contributed by atoms with E-state index < -0.39 is 0 Å². The summed E-state index contributed by atoms with van der Waals surface area (Å²) in [5.74, 6) is 1.56. The smallest absolute Gasteiger partial charge is 0.0958 e. The molecule has 1 aromatic rings. The minimum absolute atomic E-state index is 0.613. The molecule has 0 amide bonds. The van der Waals surface area contributed by atoms with Gasteiger partial charge in [-0.2, -0.15) is 0 Å². The summed E-state index contributed by atoms with van der Waals surface area (Å²) in [7, 11) is 0. The molecule has 1 unspecified atom stereocenters. The molecule has 2 nitrogen and oxygen atoms in total. The van der Waals surface area contributed by atoms with E-state index in [0.717, 1.165) is 16.6 Å². The molecule has 1 aliphatic carbocycles. The van der Waals surface area contributed by atoms with Gasteiger partial charge in [-0.25, -0.2) is 4.98 Å². The average Bonchev–Trinajstić information content (AvgIpc) is 3.10. The van der Waals surface area contributed by atoms with Gasteiger partial charge in [-0.3, -0.25) is 0 Å². The molecule has 16 heavy (non-hydrogen) atoms. The van der Waals surface area contributed by atoms with Crippen LogP contribution in [0.15, 0.2) is 23.4 Å². The Hall–Kier alpha value is -0.700. The fourth-order valence-electron chi connectivity index (χ4n) is 2.06. The third-order valence-electron chi connectivity index (χ3n) is 3.13. The molecule has 0 radical (unpaired) electrons. The summed E-state index contributed by atoms with van der Waals surface area (Å²) in [5.41, 5.74) is 1.16. The van der Waals surface area contributed by atoms with E-state index in [1.807, 2.05) is 6.20 Å². The van der Waals surface area contributed by atoms with Crippen molar-refractivity contribution >= 4 is 17.4 Å². The summed E-state index contributed by atoms with van der Waals surface area (Å²) in [6, 6.07) is 4.83. The molecule has 3 heteroatoms. The third kappa shape index (κ3) is 2.91. The van der Waals surface area contributed by atoms with Crippen LogP contribution in [0, 0.1) is 11.8 Å². The molecule has 0 saturated heterocycles. The van der Waals surface area contributed by atoms with Crippen molar-refractivity contribution in [1.29, 1.82) is 0 Å². The Morgan fingerprint density at radius 1 is 1.38 bits per heavy atom. The van der Waals surface area contributed by atoms with Crippen LogP contribution in [0.25, 0.3) is 0 Å². The molecule has 0 aromatic carbocycles. The molecule has 0 aliphatic heterocycles. The minimum atomic E-state index is 0.613. The van der Waals surface area contributed by atoms with Crippen molar-refractivity contribution in [1.82, 2.24) is 4.98 Å². The predicted molar refractivity (Wildman–Crippen MR) is 71.0 cm³/mol. The van der Waals surface area contributed by atoms with Gasteiger partial charge in [-0.15, -0.1) is 11.8 Å². The monoisotopic (exact) mass is 236 g/mol. The van der Waals surface area contributed by atoms with Crippen LogP contribution in [0.2, 0.25) is 0 Å². The lowest BCUT2D eigenvalue weighted by Gasteiger charge is -2.23. The number of hydrogen-bond donors (Lipinski definition) is 1. The molecule has 1 N–H and O–H groups in total. The summed E-state index contributed by atoms with van der Waals surface area (Å²) in [6.07, 6.45) is 6.76. The minimum Gasteiger partial charge on any atom is -0.381 e. The number of nitrogens with one attached hydrogen (secondary N) is 1. The summed E-state index contributed by atoms with van der Waals surface area (Å²) < 4.78 is 0. The van der Waals surface area contributed by atoms with E-state index in [1.54, 1.807) is 11.8 Å².